The van der Waals surface area contributed by atoms with Gasteiger partial charge in [-0.1, -0.05) is 13.0 Å². The van der Waals surface area contributed by atoms with Crippen LogP contribution in [0.1, 0.15) is 19.2 Å². The second-order valence-corrected chi connectivity index (χ2v) is 4.36. The van der Waals surface area contributed by atoms with Gasteiger partial charge in [-0.05, 0) is 12.5 Å². The molecule has 21 heavy (non-hydrogen) atoms. The molecular formula is C14H16N4O3. The predicted octanol–water partition coefficient (Wildman–Crippen LogP) is 3.17. The van der Waals surface area contributed by atoms with Gasteiger partial charge in [0, 0.05) is 25.6 Å². The zero-order valence-corrected chi connectivity index (χ0v) is 11.9. The number of nitrogens with zero attached hydrogens (tertiary/aromatic N) is 3. The molecule has 0 saturated heterocycles. The highest BCUT2D eigenvalue weighted by Gasteiger charge is 2.09. The number of nitro benzene ring substituents is 1. The fourth-order valence-corrected chi connectivity index (χ4v) is 1.77. The molecule has 1 N–H and O–H groups in total. The number of rotatable bonds is 6. The lowest BCUT2D eigenvalue weighted by Gasteiger charge is -2.08. The van der Waals surface area contributed by atoms with E-state index < -0.39 is 4.92 Å². The molecule has 1 heterocycles. The molecule has 0 bridgehead atoms. The molecule has 1 aromatic carbocycles. The van der Waals surface area contributed by atoms with Crippen molar-refractivity contribution in [2.75, 3.05) is 12.4 Å². The molecule has 7 nitrogen and oxygen atoms in total. The summed E-state index contributed by atoms with van der Waals surface area (Å²) in [7, 11) is 1.76. The van der Waals surface area contributed by atoms with E-state index in [0.29, 0.717) is 23.3 Å². The van der Waals surface area contributed by atoms with E-state index in [-0.39, 0.29) is 5.69 Å². The van der Waals surface area contributed by atoms with Gasteiger partial charge in [0.05, 0.1) is 11.0 Å². The minimum atomic E-state index is -0.464. The molecule has 0 aliphatic heterocycles. The summed E-state index contributed by atoms with van der Waals surface area (Å²) in [6.45, 7) is 2.04. The molecule has 0 spiro atoms. The number of nitro groups is 1. The molecule has 7 heteroatoms. The maximum absolute atomic E-state index is 10.8. The number of aromatic nitrogens is 2. The molecule has 0 fully saturated rings. The van der Waals surface area contributed by atoms with Gasteiger partial charge in [-0.15, -0.1) is 0 Å². The van der Waals surface area contributed by atoms with Crippen LogP contribution in [0.3, 0.4) is 0 Å². The van der Waals surface area contributed by atoms with E-state index in [0.717, 1.165) is 12.8 Å². The maximum atomic E-state index is 10.8. The number of hydrogen-bond acceptors (Lipinski definition) is 6. The predicted molar refractivity (Wildman–Crippen MR) is 78.7 cm³/mol. The summed E-state index contributed by atoms with van der Waals surface area (Å²) in [5.74, 6) is 2.05. The highest BCUT2D eigenvalue weighted by atomic mass is 16.6. The molecule has 0 radical (unpaired) electrons. The molecule has 1 aromatic heterocycles. The van der Waals surface area contributed by atoms with Crippen molar-refractivity contribution in [3.05, 3.63) is 46.3 Å². The minimum Gasteiger partial charge on any atom is -0.439 e. The fraction of sp³-hybridized carbons (Fsp3) is 0.286. The first-order chi connectivity index (χ1) is 10.1. The lowest BCUT2D eigenvalue weighted by molar-refractivity contribution is -0.384. The number of non-ortho nitro benzene ring substituents is 1. The van der Waals surface area contributed by atoms with Crippen LogP contribution in [-0.2, 0) is 6.42 Å². The minimum absolute atomic E-state index is 0.0239. The van der Waals surface area contributed by atoms with Crippen molar-refractivity contribution in [2.24, 2.45) is 0 Å². The van der Waals surface area contributed by atoms with Crippen LogP contribution >= 0.6 is 0 Å². The number of ether oxygens (including phenoxy) is 1. The monoisotopic (exact) mass is 288 g/mol. The molecule has 0 saturated carbocycles. The number of nitrogens with one attached hydrogen (secondary N) is 1. The third-order valence-corrected chi connectivity index (χ3v) is 2.73. The average Bonchev–Trinajstić information content (AvgIpc) is 2.47. The summed E-state index contributed by atoms with van der Waals surface area (Å²) in [4.78, 5) is 18.9. The molecule has 0 unspecified atom stereocenters. The van der Waals surface area contributed by atoms with Crippen LogP contribution in [0.5, 0.6) is 11.6 Å². The molecule has 0 amide bonds. The lowest BCUT2D eigenvalue weighted by Crippen LogP contribution is -2.02. The summed E-state index contributed by atoms with van der Waals surface area (Å²) in [5.41, 5.74) is -0.0239. The van der Waals surface area contributed by atoms with Gasteiger partial charge >= 0.3 is 0 Å². The number of hydrogen-bond donors (Lipinski definition) is 1. The summed E-state index contributed by atoms with van der Waals surface area (Å²) in [5, 5.41) is 13.7. The van der Waals surface area contributed by atoms with E-state index in [4.69, 9.17) is 4.74 Å². The Morgan fingerprint density at radius 2 is 2.14 bits per heavy atom. The Morgan fingerprint density at radius 3 is 2.81 bits per heavy atom. The molecule has 0 aliphatic carbocycles. The van der Waals surface area contributed by atoms with Crippen LogP contribution < -0.4 is 10.1 Å². The van der Waals surface area contributed by atoms with Gasteiger partial charge in [0.25, 0.3) is 5.69 Å². The quantitative estimate of drug-likeness (QED) is 0.648. The van der Waals surface area contributed by atoms with Crippen molar-refractivity contribution in [1.82, 2.24) is 9.97 Å². The fourth-order valence-electron chi connectivity index (χ4n) is 1.77. The van der Waals surface area contributed by atoms with Crippen LogP contribution in [0.15, 0.2) is 30.3 Å². The zero-order chi connectivity index (χ0) is 15.2. The highest BCUT2D eigenvalue weighted by Crippen LogP contribution is 2.25. The number of benzene rings is 1. The summed E-state index contributed by atoms with van der Waals surface area (Å²) >= 11 is 0. The summed E-state index contributed by atoms with van der Waals surface area (Å²) < 4.78 is 5.60. The highest BCUT2D eigenvalue weighted by molar-refractivity contribution is 5.42. The Bertz CT molecular complexity index is 646. The van der Waals surface area contributed by atoms with E-state index in [1.54, 1.807) is 25.2 Å². The molecule has 0 aliphatic rings. The third-order valence-electron chi connectivity index (χ3n) is 2.73. The van der Waals surface area contributed by atoms with Crippen molar-refractivity contribution in [2.45, 2.75) is 19.8 Å². The lowest BCUT2D eigenvalue weighted by atomic mass is 10.3. The van der Waals surface area contributed by atoms with Crippen LogP contribution in [0.25, 0.3) is 0 Å². The summed E-state index contributed by atoms with van der Waals surface area (Å²) in [6.07, 6.45) is 1.66. The first-order valence-electron chi connectivity index (χ1n) is 6.60. The van der Waals surface area contributed by atoms with Crippen molar-refractivity contribution < 1.29 is 9.66 Å². The van der Waals surface area contributed by atoms with Gasteiger partial charge < -0.3 is 10.1 Å². The van der Waals surface area contributed by atoms with E-state index in [1.165, 1.54) is 12.1 Å². The van der Waals surface area contributed by atoms with Gasteiger partial charge in [0.1, 0.15) is 17.4 Å². The largest absolute Gasteiger partial charge is 0.439 e. The molecule has 2 aromatic rings. The number of anilines is 1. The van der Waals surface area contributed by atoms with E-state index in [9.17, 15) is 10.1 Å². The van der Waals surface area contributed by atoms with E-state index in [1.807, 2.05) is 6.92 Å². The smallest absolute Gasteiger partial charge is 0.273 e. The first kappa shape index (κ1) is 14.7. The second kappa shape index (κ2) is 6.65. The van der Waals surface area contributed by atoms with Crippen molar-refractivity contribution in [1.29, 1.82) is 0 Å². The Morgan fingerprint density at radius 1 is 1.33 bits per heavy atom. The Kier molecular flexibility index (Phi) is 4.65. The Balaban J connectivity index is 2.27. The summed E-state index contributed by atoms with van der Waals surface area (Å²) in [6, 6.07) is 7.64. The van der Waals surface area contributed by atoms with Gasteiger partial charge in [-0.2, -0.15) is 4.98 Å². The SMILES string of the molecule is CCCc1nc(NC)cc(Oc2cccc([N+](=O)[O-])c2)n1. The van der Waals surface area contributed by atoms with Crippen LogP contribution in [0, 0.1) is 10.1 Å². The van der Waals surface area contributed by atoms with E-state index in [2.05, 4.69) is 15.3 Å². The Labute approximate surface area is 122 Å². The van der Waals surface area contributed by atoms with Gasteiger partial charge in [0.15, 0.2) is 0 Å². The van der Waals surface area contributed by atoms with Gasteiger partial charge in [0.2, 0.25) is 5.88 Å². The van der Waals surface area contributed by atoms with Crippen molar-refractivity contribution in [3.8, 4) is 11.6 Å². The standard InChI is InChI=1S/C14H16N4O3/c1-3-5-12-16-13(15-2)9-14(17-12)21-11-7-4-6-10(8-11)18(19)20/h4,6-9H,3,5H2,1-2H3,(H,15,16,17). The first-order valence-corrected chi connectivity index (χ1v) is 6.60. The molecule has 110 valence electrons. The average molecular weight is 288 g/mol. The maximum Gasteiger partial charge on any atom is 0.273 e. The molecule has 2 rings (SSSR count). The van der Waals surface area contributed by atoms with Crippen molar-refractivity contribution in [3.63, 3.8) is 0 Å². The normalized spacial score (nSPS) is 10.2. The molecular weight excluding hydrogens is 272 g/mol. The van der Waals surface area contributed by atoms with E-state index >= 15 is 0 Å². The van der Waals surface area contributed by atoms with Crippen LogP contribution in [0.4, 0.5) is 11.5 Å². The van der Waals surface area contributed by atoms with Gasteiger partial charge in [-0.25, -0.2) is 4.98 Å². The van der Waals surface area contributed by atoms with Gasteiger partial charge in [-0.3, -0.25) is 10.1 Å². The zero-order valence-electron chi connectivity index (χ0n) is 11.9. The van der Waals surface area contributed by atoms with Crippen LogP contribution in [-0.4, -0.2) is 21.9 Å². The Hall–Kier alpha value is -2.70. The second-order valence-electron chi connectivity index (χ2n) is 4.36. The topological polar surface area (TPSA) is 90.2 Å². The third kappa shape index (κ3) is 3.88. The molecule has 0 atom stereocenters. The number of aryl methyl sites for hydroxylation is 1. The van der Waals surface area contributed by atoms with Crippen molar-refractivity contribution >= 4 is 11.5 Å². The van der Waals surface area contributed by atoms with Crippen LogP contribution in [0.2, 0.25) is 0 Å².